The van der Waals surface area contributed by atoms with Crippen LogP contribution in [0.2, 0.25) is 0 Å². The van der Waals surface area contributed by atoms with Crippen LogP contribution in [0.4, 0.5) is 0 Å². The van der Waals surface area contributed by atoms with E-state index in [9.17, 15) is 0 Å². The van der Waals surface area contributed by atoms with Crippen molar-refractivity contribution in [1.82, 2.24) is 4.68 Å². The first-order valence-electron chi connectivity index (χ1n) is 9.64. The average Bonchev–Trinajstić information content (AvgIpc) is 3.05. The molecule has 4 rings (SSSR count). The third kappa shape index (κ3) is 3.19. The Bertz CT molecular complexity index is 1030. The maximum atomic E-state index is 5.20. The Balaban J connectivity index is 2.02. The zero-order valence-electron chi connectivity index (χ0n) is 15.9. The van der Waals surface area contributed by atoms with E-state index >= 15 is 0 Å². The van der Waals surface area contributed by atoms with Gasteiger partial charge in [0, 0.05) is 22.2 Å². The van der Waals surface area contributed by atoms with Crippen molar-refractivity contribution in [2.45, 2.75) is 26.7 Å². The van der Waals surface area contributed by atoms with Crippen LogP contribution in [0.15, 0.2) is 90.0 Å². The van der Waals surface area contributed by atoms with Gasteiger partial charge in [-0.25, -0.2) is 4.68 Å². The molecule has 2 heteroatoms. The number of benzene rings is 3. The lowest BCUT2D eigenvalue weighted by Crippen LogP contribution is -2.08. The number of fused-ring (bicyclic) bond motifs is 1. The molecule has 0 saturated carbocycles. The van der Waals surface area contributed by atoms with Crippen LogP contribution in [0.5, 0.6) is 0 Å². The van der Waals surface area contributed by atoms with Crippen LogP contribution < -0.4 is 0 Å². The van der Waals surface area contributed by atoms with Crippen molar-refractivity contribution in [1.29, 1.82) is 0 Å². The molecule has 0 fully saturated rings. The fraction of sp³-hybridized carbons (Fsp3) is 0.160. The smallest absolute Gasteiger partial charge is 0.0984 e. The summed E-state index contributed by atoms with van der Waals surface area (Å²) in [5.41, 5.74) is 7.12. The highest BCUT2D eigenvalue weighted by Gasteiger charge is 2.16. The van der Waals surface area contributed by atoms with Gasteiger partial charge in [-0.2, -0.15) is 5.10 Å². The quantitative estimate of drug-likeness (QED) is 0.388. The molecule has 1 aromatic heterocycles. The van der Waals surface area contributed by atoms with Crippen molar-refractivity contribution in [2.24, 2.45) is 5.10 Å². The predicted molar refractivity (Wildman–Crippen MR) is 115 cm³/mol. The van der Waals surface area contributed by atoms with Gasteiger partial charge in [-0.1, -0.05) is 92.7 Å². The molecule has 4 aromatic rings. The maximum absolute atomic E-state index is 5.20. The second-order valence-electron chi connectivity index (χ2n) is 6.64. The molecule has 27 heavy (non-hydrogen) atoms. The van der Waals surface area contributed by atoms with E-state index in [1.807, 2.05) is 12.1 Å². The summed E-state index contributed by atoms with van der Waals surface area (Å²) in [5.74, 6) is 0. The highest BCUT2D eigenvalue weighted by molar-refractivity contribution is 6.13. The third-order valence-electron chi connectivity index (χ3n) is 5.04. The normalized spacial score (nSPS) is 10.9. The molecule has 0 bridgehead atoms. The van der Waals surface area contributed by atoms with Crippen LogP contribution in [0.1, 0.15) is 36.2 Å². The first kappa shape index (κ1) is 17.3. The van der Waals surface area contributed by atoms with Gasteiger partial charge in [0.05, 0.1) is 11.2 Å². The molecule has 1 heterocycles. The van der Waals surface area contributed by atoms with Crippen LogP contribution in [0.3, 0.4) is 0 Å². The van der Waals surface area contributed by atoms with E-state index in [1.54, 1.807) is 0 Å². The number of hydrogen-bond donors (Lipinski definition) is 0. The van der Waals surface area contributed by atoms with Crippen LogP contribution in [0.25, 0.3) is 10.9 Å². The van der Waals surface area contributed by atoms with Gasteiger partial charge in [0.25, 0.3) is 0 Å². The lowest BCUT2D eigenvalue weighted by molar-refractivity contribution is 0.822. The fourth-order valence-corrected chi connectivity index (χ4v) is 3.79. The van der Waals surface area contributed by atoms with Crippen molar-refractivity contribution in [3.05, 3.63) is 107 Å². The van der Waals surface area contributed by atoms with Gasteiger partial charge in [0.2, 0.25) is 0 Å². The maximum Gasteiger partial charge on any atom is 0.0984 e. The van der Waals surface area contributed by atoms with Crippen LogP contribution in [-0.4, -0.2) is 10.4 Å². The molecule has 0 amide bonds. The summed E-state index contributed by atoms with van der Waals surface area (Å²) in [5, 5.41) is 6.51. The standard InChI is InChI=1S/C25H24N2/c1-3-21-22-17-11-12-18-24(22)27(23(21)4-2)26-25(19-13-7-5-8-14-19)20-15-9-6-10-16-20/h5-18H,3-4H2,1-2H3. The molecule has 2 nitrogen and oxygen atoms in total. The molecule has 0 aliphatic rings. The molecule has 0 unspecified atom stereocenters. The van der Waals surface area contributed by atoms with Gasteiger partial charge in [0.1, 0.15) is 0 Å². The van der Waals surface area contributed by atoms with Crippen LogP contribution >= 0.6 is 0 Å². The lowest BCUT2D eigenvalue weighted by atomic mass is 10.0. The van der Waals surface area contributed by atoms with E-state index in [0.717, 1.165) is 29.7 Å². The van der Waals surface area contributed by atoms with E-state index in [4.69, 9.17) is 5.10 Å². The Labute approximate surface area is 160 Å². The summed E-state index contributed by atoms with van der Waals surface area (Å²) < 4.78 is 2.16. The summed E-state index contributed by atoms with van der Waals surface area (Å²) in [6.45, 7) is 4.44. The topological polar surface area (TPSA) is 17.3 Å². The summed E-state index contributed by atoms with van der Waals surface area (Å²) >= 11 is 0. The average molecular weight is 352 g/mol. The van der Waals surface area contributed by atoms with Gasteiger partial charge < -0.3 is 0 Å². The largest absolute Gasteiger partial charge is 0.236 e. The van der Waals surface area contributed by atoms with Crippen molar-refractivity contribution in [3.63, 3.8) is 0 Å². The summed E-state index contributed by atoms with van der Waals surface area (Å²) in [4.78, 5) is 0. The van der Waals surface area contributed by atoms with E-state index in [0.29, 0.717) is 0 Å². The van der Waals surface area contributed by atoms with Crippen molar-refractivity contribution in [3.8, 4) is 0 Å². The Morgan fingerprint density at radius 3 is 1.81 bits per heavy atom. The number of aromatic nitrogens is 1. The van der Waals surface area contributed by atoms with Gasteiger partial charge in [-0.15, -0.1) is 0 Å². The highest BCUT2D eigenvalue weighted by atomic mass is 15.4. The highest BCUT2D eigenvalue weighted by Crippen LogP contribution is 2.28. The molecule has 134 valence electrons. The van der Waals surface area contributed by atoms with Crippen LogP contribution in [0, 0.1) is 0 Å². The predicted octanol–water partition coefficient (Wildman–Crippen LogP) is 6.07. The second-order valence-corrected chi connectivity index (χ2v) is 6.64. The third-order valence-corrected chi connectivity index (χ3v) is 5.04. The Morgan fingerprint density at radius 1 is 0.704 bits per heavy atom. The molecule has 0 atom stereocenters. The number of rotatable bonds is 5. The second kappa shape index (κ2) is 7.63. The monoisotopic (exact) mass is 352 g/mol. The number of hydrogen-bond acceptors (Lipinski definition) is 1. The summed E-state index contributed by atoms with van der Waals surface area (Å²) in [6.07, 6.45) is 1.97. The number of nitrogens with zero attached hydrogens (tertiary/aromatic N) is 2. The molecule has 0 radical (unpaired) electrons. The van der Waals surface area contributed by atoms with Gasteiger partial charge in [-0.05, 0) is 24.5 Å². The molecule has 3 aromatic carbocycles. The minimum Gasteiger partial charge on any atom is -0.236 e. The zero-order valence-corrected chi connectivity index (χ0v) is 15.9. The molecular weight excluding hydrogens is 328 g/mol. The molecule has 0 N–H and O–H groups in total. The molecule has 0 aliphatic heterocycles. The molecule has 0 saturated heterocycles. The summed E-state index contributed by atoms with van der Waals surface area (Å²) in [7, 11) is 0. The minimum atomic E-state index is 0.957. The van der Waals surface area contributed by atoms with E-state index < -0.39 is 0 Å². The molecular formula is C25H24N2. The van der Waals surface area contributed by atoms with Gasteiger partial charge in [-0.3, -0.25) is 0 Å². The Morgan fingerprint density at radius 2 is 1.26 bits per heavy atom. The van der Waals surface area contributed by atoms with Crippen molar-refractivity contribution < 1.29 is 0 Å². The first-order valence-corrected chi connectivity index (χ1v) is 9.64. The SMILES string of the molecule is CCc1c(CC)n(N=C(c2ccccc2)c2ccccc2)c2ccccc12. The van der Waals surface area contributed by atoms with Crippen molar-refractivity contribution in [2.75, 3.05) is 0 Å². The zero-order chi connectivity index (χ0) is 18.6. The first-order chi connectivity index (χ1) is 13.3. The number of para-hydroxylation sites is 1. The van der Waals surface area contributed by atoms with E-state index in [-0.39, 0.29) is 0 Å². The van der Waals surface area contributed by atoms with E-state index in [1.165, 1.54) is 22.2 Å². The minimum absolute atomic E-state index is 0.957. The Hall–Kier alpha value is -3.13. The van der Waals surface area contributed by atoms with E-state index in [2.05, 4.69) is 91.3 Å². The van der Waals surface area contributed by atoms with Crippen LogP contribution in [-0.2, 0) is 12.8 Å². The lowest BCUT2D eigenvalue weighted by Gasteiger charge is -2.11. The molecule has 0 spiro atoms. The molecule has 0 aliphatic carbocycles. The van der Waals surface area contributed by atoms with Gasteiger partial charge >= 0.3 is 0 Å². The van der Waals surface area contributed by atoms with Crippen molar-refractivity contribution >= 4 is 16.6 Å². The Kier molecular flexibility index (Phi) is 4.88. The number of aryl methyl sites for hydroxylation is 1. The fourth-order valence-electron chi connectivity index (χ4n) is 3.79. The summed E-state index contributed by atoms with van der Waals surface area (Å²) in [6, 6.07) is 29.5. The van der Waals surface area contributed by atoms with Gasteiger partial charge in [0.15, 0.2) is 0 Å².